The Morgan fingerprint density at radius 1 is 1.14 bits per heavy atom. The molecular weight excluding hydrogens is 406 g/mol. The van der Waals surface area contributed by atoms with Gasteiger partial charge < -0.3 is 9.47 Å². The zero-order valence-electron chi connectivity index (χ0n) is 15.4. The normalized spacial score (nSPS) is 11.1. The summed E-state index contributed by atoms with van der Waals surface area (Å²) >= 11 is 5.79. The highest BCUT2D eigenvalue weighted by molar-refractivity contribution is 7.89. The first-order chi connectivity index (χ1) is 13.2. The number of halogens is 1. The van der Waals surface area contributed by atoms with E-state index in [9.17, 15) is 18.0 Å². The molecule has 2 aromatic rings. The molecule has 0 heterocycles. The van der Waals surface area contributed by atoms with E-state index < -0.39 is 16.0 Å². The molecule has 0 aliphatic carbocycles. The number of Topliss-reactive ketones (excluding diaryl/α,β-unsaturated/α-hetero) is 1. The summed E-state index contributed by atoms with van der Waals surface area (Å²) in [5.74, 6) is -0.228. The fraction of sp³-hybridized carbons (Fsp3) is 0.263. The molecule has 0 aliphatic heterocycles. The van der Waals surface area contributed by atoms with Crippen molar-refractivity contribution in [3.05, 3.63) is 58.6 Å². The minimum absolute atomic E-state index is 0.0131. The maximum atomic E-state index is 12.2. The molecule has 0 amide bonds. The maximum Gasteiger partial charge on any atom is 0.307 e. The van der Waals surface area contributed by atoms with Gasteiger partial charge in [-0.25, -0.2) is 13.1 Å². The number of hydrogen-bond donors (Lipinski definition) is 1. The highest BCUT2D eigenvalue weighted by atomic mass is 35.5. The third kappa shape index (κ3) is 6.05. The van der Waals surface area contributed by atoms with Gasteiger partial charge in [0.25, 0.3) is 0 Å². The molecule has 9 heteroatoms. The number of ether oxygens (including phenoxy) is 2. The van der Waals surface area contributed by atoms with Gasteiger partial charge in [0.15, 0.2) is 5.78 Å². The van der Waals surface area contributed by atoms with E-state index in [1.165, 1.54) is 32.2 Å². The predicted molar refractivity (Wildman–Crippen MR) is 104 cm³/mol. The third-order valence-corrected chi connectivity index (χ3v) is 5.50. The highest BCUT2D eigenvalue weighted by Gasteiger charge is 2.15. The molecule has 1 N–H and O–H groups in total. The van der Waals surface area contributed by atoms with Crippen LogP contribution in [-0.2, 0) is 26.2 Å². The molecule has 0 unspecified atom stereocenters. The Morgan fingerprint density at radius 3 is 2.54 bits per heavy atom. The summed E-state index contributed by atoms with van der Waals surface area (Å²) in [6, 6.07) is 10.6. The number of rotatable bonds is 9. The van der Waals surface area contributed by atoms with Crippen LogP contribution in [-0.4, -0.2) is 33.8 Å². The molecule has 0 saturated carbocycles. The molecule has 0 saturated heterocycles. The van der Waals surface area contributed by atoms with Crippen molar-refractivity contribution in [2.75, 3.05) is 13.7 Å². The largest absolute Gasteiger partial charge is 0.496 e. The Morgan fingerprint density at radius 2 is 1.89 bits per heavy atom. The fourth-order valence-corrected chi connectivity index (χ4v) is 3.68. The smallest absolute Gasteiger partial charge is 0.307 e. The van der Waals surface area contributed by atoms with Crippen LogP contribution in [0, 0.1) is 0 Å². The van der Waals surface area contributed by atoms with Crippen molar-refractivity contribution in [1.29, 1.82) is 0 Å². The average molecular weight is 426 g/mol. The molecule has 0 radical (unpaired) electrons. The van der Waals surface area contributed by atoms with Crippen LogP contribution >= 0.6 is 11.6 Å². The summed E-state index contributed by atoms with van der Waals surface area (Å²) in [6.07, 6.45) is -0.158. The number of sulfonamides is 1. The molecule has 2 rings (SSSR count). The van der Waals surface area contributed by atoms with Gasteiger partial charge in [-0.1, -0.05) is 17.7 Å². The van der Waals surface area contributed by atoms with E-state index in [-0.39, 0.29) is 30.3 Å². The lowest BCUT2D eigenvalue weighted by molar-refractivity contribution is -0.144. The second-order valence-corrected chi connectivity index (χ2v) is 8.05. The number of hydrogen-bond acceptors (Lipinski definition) is 6. The first kappa shape index (κ1) is 21.9. The SMILES string of the molecule is COc1ccc(C(C)=O)cc1COC(=O)CCNS(=O)(=O)c1cccc(Cl)c1. The molecule has 150 valence electrons. The van der Waals surface area contributed by atoms with E-state index in [1.807, 2.05) is 0 Å². The first-order valence-corrected chi connectivity index (χ1v) is 10.2. The molecule has 0 aromatic heterocycles. The number of benzene rings is 2. The monoisotopic (exact) mass is 425 g/mol. The van der Waals surface area contributed by atoms with Crippen molar-refractivity contribution in [2.24, 2.45) is 0 Å². The Kier molecular flexibility index (Phi) is 7.56. The minimum atomic E-state index is -3.77. The van der Waals surface area contributed by atoms with Crippen LogP contribution < -0.4 is 9.46 Å². The summed E-state index contributed by atoms with van der Waals surface area (Å²) in [6.45, 7) is 1.21. The molecule has 0 aliphatic rings. The summed E-state index contributed by atoms with van der Waals surface area (Å²) in [5, 5.41) is 0.295. The van der Waals surface area contributed by atoms with Gasteiger partial charge in [-0.05, 0) is 43.3 Å². The molecule has 0 atom stereocenters. The van der Waals surface area contributed by atoms with Crippen molar-refractivity contribution < 1.29 is 27.5 Å². The zero-order valence-corrected chi connectivity index (χ0v) is 17.0. The number of carbonyl (C=O) groups excluding carboxylic acids is 2. The van der Waals surface area contributed by atoms with Gasteiger partial charge in [0, 0.05) is 22.7 Å². The third-order valence-electron chi connectivity index (χ3n) is 3.80. The minimum Gasteiger partial charge on any atom is -0.496 e. The van der Waals surface area contributed by atoms with Crippen molar-refractivity contribution in [2.45, 2.75) is 24.8 Å². The van der Waals surface area contributed by atoms with Gasteiger partial charge >= 0.3 is 5.97 Å². The standard InChI is InChI=1S/C19H20ClNO6S/c1-13(22)14-6-7-18(26-2)15(10-14)12-27-19(23)8-9-21-28(24,25)17-5-3-4-16(20)11-17/h3-7,10-11,21H,8-9,12H2,1-2H3. The maximum absolute atomic E-state index is 12.2. The molecule has 0 bridgehead atoms. The van der Waals surface area contributed by atoms with E-state index in [2.05, 4.69) is 4.72 Å². The van der Waals surface area contributed by atoms with Gasteiger partial charge in [-0.15, -0.1) is 0 Å². The van der Waals surface area contributed by atoms with Crippen LogP contribution in [0.2, 0.25) is 5.02 Å². The topological polar surface area (TPSA) is 98.8 Å². The summed E-state index contributed by atoms with van der Waals surface area (Å²) in [4.78, 5) is 23.4. The zero-order chi connectivity index (χ0) is 20.7. The molecule has 0 fully saturated rings. The van der Waals surface area contributed by atoms with Crippen LogP contribution in [0.15, 0.2) is 47.4 Å². The van der Waals surface area contributed by atoms with Gasteiger partial charge in [-0.2, -0.15) is 0 Å². The van der Waals surface area contributed by atoms with E-state index in [0.29, 0.717) is 21.9 Å². The summed E-state index contributed by atoms with van der Waals surface area (Å²) in [5.41, 5.74) is 1.02. The number of carbonyl (C=O) groups is 2. The summed E-state index contributed by atoms with van der Waals surface area (Å²) in [7, 11) is -2.30. The van der Waals surface area contributed by atoms with Crippen LogP contribution in [0.4, 0.5) is 0 Å². The Bertz CT molecular complexity index is 974. The quantitative estimate of drug-likeness (QED) is 0.490. The fourth-order valence-electron chi connectivity index (χ4n) is 2.35. The summed E-state index contributed by atoms with van der Waals surface area (Å²) < 4.78 is 37.0. The molecule has 2 aromatic carbocycles. The second-order valence-electron chi connectivity index (χ2n) is 5.85. The first-order valence-electron chi connectivity index (χ1n) is 8.31. The lowest BCUT2D eigenvalue weighted by atomic mass is 10.1. The molecule has 7 nitrogen and oxygen atoms in total. The Hall–Kier alpha value is -2.42. The molecule has 0 spiro atoms. The van der Waals surface area contributed by atoms with Crippen molar-refractivity contribution in [3.63, 3.8) is 0 Å². The van der Waals surface area contributed by atoms with Gasteiger partial charge in [0.05, 0.1) is 18.4 Å². The van der Waals surface area contributed by atoms with Gasteiger partial charge in [0.2, 0.25) is 10.0 Å². The Labute approximate surface area is 168 Å². The molecular formula is C19H20ClNO6S. The van der Waals surface area contributed by atoms with Crippen molar-refractivity contribution in [1.82, 2.24) is 4.72 Å². The van der Waals surface area contributed by atoms with Crippen LogP contribution in [0.25, 0.3) is 0 Å². The van der Waals surface area contributed by atoms with E-state index in [0.717, 1.165) is 0 Å². The lowest BCUT2D eigenvalue weighted by Gasteiger charge is -2.11. The van der Waals surface area contributed by atoms with Crippen molar-refractivity contribution in [3.8, 4) is 5.75 Å². The van der Waals surface area contributed by atoms with Crippen LogP contribution in [0.5, 0.6) is 5.75 Å². The lowest BCUT2D eigenvalue weighted by Crippen LogP contribution is -2.26. The van der Waals surface area contributed by atoms with Crippen LogP contribution in [0.1, 0.15) is 29.3 Å². The number of nitrogens with one attached hydrogen (secondary N) is 1. The number of ketones is 1. The van der Waals surface area contributed by atoms with E-state index >= 15 is 0 Å². The average Bonchev–Trinajstić information content (AvgIpc) is 2.66. The van der Waals surface area contributed by atoms with E-state index in [1.54, 1.807) is 24.3 Å². The van der Waals surface area contributed by atoms with Crippen molar-refractivity contribution >= 4 is 33.4 Å². The molecule has 28 heavy (non-hydrogen) atoms. The van der Waals surface area contributed by atoms with Crippen LogP contribution in [0.3, 0.4) is 0 Å². The highest BCUT2D eigenvalue weighted by Crippen LogP contribution is 2.21. The Balaban J connectivity index is 1.90. The van der Waals surface area contributed by atoms with Gasteiger partial charge in [-0.3, -0.25) is 9.59 Å². The second kappa shape index (κ2) is 9.68. The predicted octanol–water partition coefficient (Wildman–Crippen LogP) is 2.96. The number of methoxy groups -OCH3 is 1. The van der Waals surface area contributed by atoms with E-state index in [4.69, 9.17) is 21.1 Å². The van der Waals surface area contributed by atoms with Gasteiger partial charge in [0.1, 0.15) is 12.4 Å². The number of esters is 1.